The summed E-state index contributed by atoms with van der Waals surface area (Å²) >= 11 is 0. The number of nitrogen functional groups attached to an aromatic ring is 1. The summed E-state index contributed by atoms with van der Waals surface area (Å²) in [4.78, 5) is 0.518. The number of ether oxygens (including phenoxy) is 4. The van der Waals surface area contributed by atoms with Crippen LogP contribution in [0.25, 0.3) is 12.2 Å². The maximum atomic E-state index is 14.0. The van der Waals surface area contributed by atoms with Crippen molar-refractivity contribution in [3.8, 4) is 46.0 Å². The van der Waals surface area contributed by atoms with Crippen LogP contribution < -0.4 is 24.7 Å². The Labute approximate surface area is 495 Å². The van der Waals surface area contributed by atoms with Gasteiger partial charge in [0.15, 0.2) is 0 Å². The van der Waals surface area contributed by atoms with Gasteiger partial charge in [0.25, 0.3) is 0 Å². The van der Waals surface area contributed by atoms with Gasteiger partial charge in [-0.25, -0.2) is 16.8 Å². The zero-order valence-corrected chi connectivity index (χ0v) is 50.1. The summed E-state index contributed by atoms with van der Waals surface area (Å²) in [5.74, 6) is 4.39. The van der Waals surface area contributed by atoms with Gasteiger partial charge < -0.3 is 24.7 Å². The van der Waals surface area contributed by atoms with Crippen molar-refractivity contribution in [2.24, 2.45) is 0 Å². The first-order valence-electron chi connectivity index (χ1n) is 27.7. The van der Waals surface area contributed by atoms with Gasteiger partial charge in [-0.05, 0) is 212 Å². The molecule has 9 aromatic rings. The zero-order valence-electron chi connectivity index (χ0n) is 48.4. The molecule has 0 aromatic heterocycles. The fourth-order valence-electron chi connectivity index (χ4n) is 9.94. The largest absolute Gasteiger partial charge is 0.457 e. The quantitative estimate of drug-likeness (QED) is 0.0520. The van der Waals surface area contributed by atoms with Crippen LogP contribution in [0.3, 0.4) is 0 Å². The molecule has 0 bridgehead atoms. The van der Waals surface area contributed by atoms with Gasteiger partial charge in [0, 0.05) is 28.1 Å². The Morgan fingerprint density at radius 1 is 0.417 bits per heavy atom. The van der Waals surface area contributed by atoms with Crippen LogP contribution in [0, 0.1) is 6.92 Å². The molecule has 0 saturated heterocycles. The summed E-state index contributed by atoms with van der Waals surface area (Å²) in [5.41, 5.74) is 15.2. The first kappa shape index (κ1) is 59.5. The topological polar surface area (TPSA) is 131 Å². The lowest BCUT2D eigenvalue weighted by molar-refractivity contribution is 0.475. The Morgan fingerprint density at radius 3 is 1.18 bits per heavy atom. The van der Waals surface area contributed by atoms with Crippen LogP contribution in [0.15, 0.2) is 251 Å². The molecular weight excluding hydrogens is 1080 g/mol. The van der Waals surface area contributed by atoms with Crippen molar-refractivity contribution in [1.29, 1.82) is 0 Å². The Balaban J connectivity index is 0.851. The number of hydrogen-bond donors (Lipinski definition) is 1. The van der Waals surface area contributed by atoms with Crippen molar-refractivity contribution in [2.75, 3.05) is 5.73 Å². The summed E-state index contributed by atoms with van der Waals surface area (Å²) in [6, 6.07) is 57.5. The molecule has 0 amide bonds. The number of sulfone groups is 2. The van der Waals surface area contributed by atoms with Gasteiger partial charge >= 0.3 is 0 Å². The third-order valence-electron chi connectivity index (χ3n) is 15.0. The van der Waals surface area contributed by atoms with E-state index in [9.17, 15) is 16.8 Å². The summed E-state index contributed by atoms with van der Waals surface area (Å²) in [7, 11) is -7.72. The van der Waals surface area contributed by atoms with E-state index in [1.807, 2.05) is 68.5 Å². The third-order valence-corrected chi connectivity index (χ3v) is 18.6. The Morgan fingerprint density at radius 2 is 0.774 bits per heavy atom. The van der Waals surface area contributed by atoms with E-state index < -0.39 is 25.1 Å². The number of nitrogens with two attached hydrogens (primary N) is 1. The van der Waals surface area contributed by atoms with Crippen LogP contribution in [0.5, 0.6) is 46.0 Å². The normalized spacial score (nSPS) is 12.1. The van der Waals surface area contributed by atoms with Crippen molar-refractivity contribution in [2.45, 2.75) is 91.7 Å². The van der Waals surface area contributed by atoms with E-state index in [4.69, 9.17) is 24.7 Å². The second kappa shape index (κ2) is 25.1. The third kappa shape index (κ3) is 13.2. The van der Waals surface area contributed by atoms with Crippen molar-refractivity contribution < 1.29 is 35.8 Å². The van der Waals surface area contributed by atoms with E-state index in [-0.39, 0.29) is 25.0 Å². The standard InChI is InChI=1S/C73H69NO8S2/c1-10-15-51-45-55(22-21-50(51)5)72(6,7)56-23-42-69(52(46-56)16-11-2)80-62-30-38-67(39-31-62)84(77,78)68-40-32-63(33-41-68)82-71-44-25-58(48-54(71)18-13-4)73(8,9)57-24-43-70(53(47-57)17-12-3)81-61-28-36-66(37-29-61)83(75,76)65-34-26-60(27-35-65)79-64-20-14-19-59(74)49-64/h10-16,19-49H,3-4,17-18,74H2,1-2,5-9H3/b15-10+,16-11+. The molecule has 0 fully saturated rings. The van der Waals surface area contributed by atoms with Crippen molar-refractivity contribution in [3.63, 3.8) is 0 Å². The van der Waals surface area contributed by atoms with Crippen molar-refractivity contribution >= 4 is 37.5 Å². The van der Waals surface area contributed by atoms with E-state index in [2.05, 4.69) is 102 Å². The lowest BCUT2D eigenvalue weighted by Crippen LogP contribution is -2.19. The van der Waals surface area contributed by atoms with E-state index in [1.165, 1.54) is 41.0 Å². The highest BCUT2D eigenvalue weighted by Crippen LogP contribution is 2.41. The second-order valence-corrected chi connectivity index (χ2v) is 25.5. The monoisotopic (exact) mass is 1150 g/mol. The van der Waals surface area contributed by atoms with Crippen LogP contribution in [-0.2, 0) is 43.3 Å². The molecule has 9 aromatic carbocycles. The van der Waals surface area contributed by atoms with Gasteiger partial charge in [-0.3, -0.25) is 0 Å². The highest BCUT2D eigenvalue weighted by Gasteiger charge is 2.28. The van der Waals surface area contributed by atoms with E-state index in [1.54, 1.807) is 97.1 Å². The first-order chi connectivity index (χ1) is 40.2. The molecule has 0 radical (unpaired) electrons. The molecule has 0 heterocycles. The van der Waals surface area contributed by atoms with Gasteiger partial charge in [0.05, 0.1) is 19.6 Å². The molecule has 9 nitrogen and oxygen atoms in total. The van der Waals surface area contributed by atoms with Gasteiger partial charge in [0.1, 0.15) is 46.0 Å². The van der Waals surface area contributed by atoms with Gasteiger partial charge in [-0.15, -0.1) is 13.2 Å². The fraction of sp³-hybridized carbons (Fsp3) is 0.151. The maximum absolute atomic E-state index is 14.0. The smallest absolute Gasteiger partial charge is 0.206 e. The molecule has 426 valence electrons. The van der Waals surface area contributed by atoms with Crippen LogP contribution >= 0.6 is 0 Å². The lowest BCUT2D eigenvalue weighted by atomic mass is 9.76. The predicted octanol–water partition coefficient (Wildman–Crippen LogP) is 18.6. The molecule has 0 aliphatic rings. The van der Waals surface area contributed by atoms with Gasteiger partial charge in [0.2, 0.25) is 19.7 Å². The predicted molar refractivity (Wildman–Crippen MR) is 340 cm³/mol. The number of allylic oxidation sites excluding steroid dienone is 4. The number of hydrogen-bond acceptors (Lipinski definition) is 9. The fourth-order valence-corrected chi connectivity index (χ4v) is 12.5. The average molecular weight is 1150 g/mol. The van der Waals surface area contributed by atoms with Gasteiger partial charge in [-0.1, -0.05) is 119 Å². The minimum absolute atomic E-state index is 0.125. The minimum atomic E-state index is -3.89. The van der Waals surface area contributed by atoms with Crippen LogP contribution in [0.4, 0.5) is 5.69 Å². The maximum Gasteiger partial charge on any atom is 0.206 e. The van der Waals surface area contributed by atoms with E-state index >= 15 is 0 Å². The number of aryl methyl sites for hydroxylation is 1. The molecule has 9 rings (SSSR count). The molecule has 0 unspecified atom stereocenters. The first-order valence-corrected chi connectivity index (χ1v) is 30.7. The average Bonchev–Trinajstić information content (AvgIpc) is 2.98. The Hall–Kier alpha value is -9.16. The molecule has 0 saturated carbocycles. The number of rotatable bonds is 22. The number of benzene rings is 9. The molecule has 0 spiro atoms. The summed E-state index contributed by atoms with van der Waals surface area (Å²) in [6.45, 7) is 22.9. The molecule has 11 heteroatoms. The molecule has 0 aliphatic carbocycles. The highest BCUT2D eigenvalue weighted by molar-refractivity contribution is 7.91. The number of anilines is 1. The molecular formula is C73H69NO8S2. The Kier molecular flexibility index (Phi) is 17.8. The Bertz CT molecular complexity index is 4160. The highest BCUT2D eigenvalue weighted by atomic mass is 32.2. The molecule has 0 atom stereocenters. The van der Waals surface area contributed by atoms with Gasteiger partial charge in [-0.2, -0.15) is 0 Å². The van der Waals surface area contributed by atoms with Crippen LogP contribution in [-0.4, -0.2) is 16.8 Å². The van der Waals surface area contributed by atoms with Crippen molar-refractivity contribution in [3.05, 3.63) is 282 Å². The second-order valence-electron chi connectivity index (χ2n) is 21.6. The molecule has 0 aliphatic heterocycles. The molecule has 2 N–H and O–H groups in total. The lowest BCUT2D eigenvalue weighted by Gasteiger charge is -2.28. The van der Waals surface area contributed by atoms with E-state index in [0.29, 0.717) is 64.5 Å². The zero-order chi connectivity index (χ0) is 59.8. The SMILES string of the molecule is C=CCc1cc(C(C)(C)c2ccc(Oc3ccc(S(=O)(=O)c4ccc(Oc5ccc(C(C)(C)c6ccc(C)c(/C=C/C)c6)cc5/C=C/C)cc4)cc3)c(CC=C)c2)ccc1Oc1ccc(S(=O)(=O)c2ccc(Oc3cccc(N)c3)cc2)cc1. The molecule has 84 heavy (non-hydrogen) atoms. The van der Waals surface area contributed by atoms with Crippen LogP contribution in [0.1, 0.15) is 91.6 Å². The van der Waals surface area contributed by atoms with Crippen LogP contribution in [0.2, 0.25) is 0 Å². The summed E-state index contributed by atoms with van der Waals surface area (Å²) in [5, 5.41) is 0. The minimum Gasteiger partial charge on any atom is -0.457 e. The summed E-state index contributed by atoms with van der Waals surface area (Å²) in [6.07, 6.45) is 12.9. The summed E-state index contributed by atoms with van der Waals surface area (Å²) < 4.78 is 80.2. The van der Waals surface area contributed by atoms with Crippen molar-refractivity contribution in [1.82, 2.24) is 0 Å². The van der Waals surface area contributed by atoms with E-state index in [0.717, 1.165) is 33.4 Å².